The van der Waals surface area contributed by atoms with Crippen molar-refractivity contribution in [3.63, 3.8) is 0 Å². The molecule has 318 valence electrons. The maximum Gasteiger partial charge on any atom is 0.336 e. The van der Waals surface area contributed by atoms with Gasteiger partial charge in [0.05, 0.1) is 34.1 Å². The van der Waals surface area contributed by atoms with E-state index in [0.29, 0.717) is 34.4 Å². The Morgan fingerprint density at radius 2 is 0.677 bits per heavy atom. The van der Waals surface area contributed by atoms with E-state index in [9.17, 15) is 48.6 Å². The summed E-state index contributed by atoms with van der Waals surface area (Å²) >= 11 is 0. The average Bonchev–Trinajstić information content (AvgIpc) is 3.22. The normalized spacial score (nSPS) is 11.5. The molecule has 0 aliphatic carbocycles. The van der Waals surface area contributed by atoms with Crippen LogP contribution < -0.4 is 30.7 Å². The quantitative estimate of drug-likeness (QED) is 0.0431. The molecule has 5 aromatic rings. The van der Waals surface area contributed by atoms with Gasteiger partial charge in [0.15, 0.2) is 0 Å². The second-order valence-corrected chi connectivity index (χ2v) is 13.7. The highest BCUT2D eigenvalue weighted by molar-refractivity contribution is 6.17. The third kappa shape index (κ3) is 12.2. The first kappa shape index (κ1) is 44.6. The number of nitrogens with one attached hydrogen (secondary N) is 4. The highest BCUT2D eigenvalue weighted by Crippen LogP contribution is 2.28. The number of amides is 4. The highest BCUT2D eigenvalue weighted by Gasteiger charge is 2.26. The van der Waals surface area contributed by atoms with Gasteiger partial charge in [-0.05, 0) is 109 Å². The van der Waals surface area contributed by atoms with Crippen molar-refractivity contribution < 1.29 is 68.3 Å². The van der Waals surface area contributed by atoms with Crippen LogP contribution in [0.5, 0.6) is 23.0 Å². The largest absolute Gasteiger partial charge is 0.481 e. The number of benzene rings is 5. The summed E-state index contributed by atoms with van der Waals surface area (Å²) in [5.41, 5.74) is -1.08. The number of carboxylic acid groups (broad SMARTS) is 4. The lowest BCUT2D eigenvalue weighted by Gasteiger charge is -2.14. The van der Waals surface area contributed by atoms with Gasteiger partial charge in [0, 0.05) is 35.6 Å². The lowest BCUT2D eigenvalue weighted by Crippen LogP contribution is -2.22. The fraction of sp³-hybridized carbons (Fsp3) is 0.136. The van der Waals surface area contributed by atoms with Gasteiger partial charge in [0.25, 0.3) is 11.8 Å². The second-order valence-electron chi connectivity index (χ2n) is 13.7. The summed E-state index contributed by atoms with van der Waals surface area (Å²) in [6.07, 6.45) is -0.393. The first-order valence-electron chi connectivity index (χ1n) is 18.5. The van der Waals surface area contributed by atoms with Crippen LogP contribution in [0.4, 0.5) is 22.7 Å². The zero-order chi connectivity index (χ0) is 45.1. The molecule has 2 unspecified atom stereocenters. The third-order valence-electron chi connectivity index (χ3n) is 8.91. The molecule has 18 nitrogen and oxygen atoms in total. The van der Waals surface area contributed by atoms with Gasteiger partial charge in [0.2, 0.25) is 11.8 Å². The van der Waals surface area contributed by atoms with Crippen LogP contribution >= 0.6 is 0 Å². The van der Waals surface area contributed by atoms with Crippen molar-refractivity contribution in [3.05, 3.63) is 131 Å². The van der Waals surface area contributed by atoms with E-state index in [1.807, 2.05) is 0 Å². The predicted molar refractivity (Wildman–Crippen MR) is 222 cm³/mol. The highest BCUT2D eigenvalue weighted by atomic mass is 16.5. The Balaban J connectivity index is 1.22. The summed E-state index contributed by atoms with van der Waals surface area (Å²) in [7, 11) is 0. The number of hydrogen-bond donors (Lipinski definition) is 8. The van der Waals surface area contributed by atoms with Crippen LogP contribution in [0.25, 0.3) is 0 Å². The van der Waals surface area contributed by atoms with Crippen molar-refractivity contribution in [2.24, 2.45) is 11.8 Å². The fourth-order valence-corrected chi connectivity index (χ4v) is 5.58. The molecular weight excluding hydrogens is 808 g/mol. The van der Waals surface area contributed by atoms with E-state index in [0.717, 1.165) is 12.1 Å². The van der Waals surface area contributed by atoms with Crippen molar-refractivity contribution in [1.29, 1.82) is 0 Å². The lowest BCUT2D eigenvalue weighted by atomic mass is 9.96. The Hall–Kier alpha value is -8.54. The molecule has 0 bridgehead atoms. The number of rotatable bonds is 18. The number of carboxylic acids is 4. The van der Waals surface area contributed by atoms with Crippen LogP contribution in [-0.2, 0) is 19.2 Å². The van der Waals surface area contributed by atoms with E-state index in [1.54, 1.807) is 48.5 Å². The van der Waals surface area contributed by atoms with Crippen molar-refractivity contribution >= 4 is 70.3 Å². The van der Waals surface area contributed by atoms with Crippen molar-refractivity contribution in [3.8, 4) is 23.0 Å². The van der Waals surface area contributed by atoms with Gasteiger partial charge in [-0.15, -0.1) is 0 Å². The Kier molecular flexibility index (Phi) is 14.3. The summed E-state index contributed by atoms with van der Waals surface area (Å²) < 4.78 is 11.6. The molecule has 4 amide bonds. The first-order chi connectivity index (χ1) is 29.4. The lowest BCUT2D eigenvalue weighted by molar-refractivity contribution is -0.143. The molecule has 2 atom stereocenters. The number of anilines is 4. The summed E-state index contributed by atoms with van der Waals surface area (Å²) in [5.74, 6) is -8.48. The minimum atomic E-state index is -1.62. The van der Waals surface area contributed by atoms with Gasteiger partial charge in [-0.3, -0.25) is 28.8 Å². The van der Waals surface area contributed by atoms with Gasteiger partial charge in [-0.1, -0.05) is 13.8 Å². The van der Waals surface area contributed by atoms with Crippen molar-refractivity contribution in [2.45, 2.75) is 26.7 Å². The third-order valence-corrected chi connectivity index (χ3v) is 8.91. The number of aromatic carboxylic acids is 2. The van der Waals surface area contributed by atoms with Crippen LogP contribution in [0.3, 0.4) is 0 Å². The predicted octanol–water partition coefficient (Wildman–Crippen LogP) is 7.27. The van der Waals surface area contributed by atoms with Gasteiger partial charge < -0.3 is 51.2 Å². The molecule has 0 aliphatic heterocycles. The standard InChI is InChI=1S/C44H38N4O14/c1-23(41(53)54)19-37(49)45-25-3-11-29(12-4-25)61-31-15-7-27(8-16-31)47-39(51)33-21-34(36(44(59)60)22-35(33)43(57)58)40(52)48-28-9-17-32(18-10-28)62-30-13-5-26(6-14-30)46-38(50)20-24(2)42(55)56/h3-18,21-24H,19-20H2,1-2H3,(H,45,49)(H,46,50)(H,47,51)(H,48,52)(H,53,54)(H,55,56)(H,57,58)(H,59,60). The second kappa shape index (κ2) is 19.9. The van der Waals surface area contributed by atoms with Gasteiger partial charge in [-0.2, -0.15) is 0 Å². The van der Waals surface area contributed by atoms with Crippen LogP contribution in [0, 0.1) is 11.8 Å². The summed E-state index contributed by atoms with van der Waals surface area (Å²) in [6, 6.07) is 26.0. The molecular formula is C44H38N4O14. The molecule has 0 saturated carbocycles. The van der Waals surface area contributed by atoms with E-state index >= 15 is 0 Å². The maximum absolute atomic E-state index is 13.4. The average molecular weight is 847 g/mol. The monoisotopic (exact) mass is 846 g/mol. The molecule has 0 fully saturated rings. The van der Waals surface area contributed by atoms with Crippen molar-refractivity contribution in [2.75, 3.05) is 21.3 Å². The molecule has 0 aromatic heterocycles. The summed E-state index contributed by atoms with van der Waals surface area (Å²) in [6.45, 7) is 2.85. The molecule has 0 saturated heterocycles. The van der Waals surface area contributed by atoms with Crippen LogP contribution in [0.2, 0.25) is 0 Å². The van der Waals surface area contributed by atoms with Crippen LogP contribution in [0.15, 0.2) is 109 Å². The van der Waals surface area contributed by atoms with E-state index in [2.05, 4.69) is 21.3 Å². The minimum Gasteiger partial charge on any atom is -0.481 e. The number of ether oxygens (including phenoxy) is 2. The summed E-state index contributed by atoms with van der Waals surface area (Å²) in [5, 5.41) is 48.1. The van der Waals surface area contributed by atoms with Crippen molar-refractivity contribution in [1.82, 2.24) is 0 Å². The molecule has 62 heavy (non-hydrogen) atoms. The first-order valence-corrected chi connectivity index (χ1v) is 18.5. The fourth-order valence-electron chi connectivity index (χ4n) is 5.58. The van der Waals surface area contributed by atoms with Gasteiger partial charge in [0.1, 0.15) is 23.0 Å². The zero-order valence-corrected chi connectivity index (χ0v) is 32.8. The topological polar surface area (TPSA) is 284 Å². The SMILES string of the molecule is CC(CC(=O)Nc1ccc(Oc2ccc(NC(=O)c3cc(C(=O)Nc4ccc(Oc5ccc(NC(=O)CC(C)C(=O)O)cc5)cc4)c(C(=O)O)cc3C(=O)O)cc2)cc1)C(=O)O. The Morgan fingerprint density at radius 3 is 0.935 bits per heavy atom. The van der Waals surface area contributed by atoms with Gasteiger partial charge >= 0.3 is 23.9 Å². The van der Waals surface area contributed by atoms with E-state index in [4.69, 9.17) is 19.7 Å². The number of aliphatic carboxylic acids is 2. The summed E-state index contributed by atoms with van der Waals surface area (Å²) in [4.78, 5) is 97.4. The zero-order valence-electron chi connectivity index (χ0n) is 32.8. The number of hydrogen-bond acceptors (Lipinski definition) is 10. The Labute approximate surface area is 352 Å². The maximum atomic E-state index is 13.4. The molecule has 5 rings (SSSR count). The molecule has 8 N–H and O–H groups in total. The molecule has 5 aromatic carbocycles. The van der Waals surface area contributed by atoms with E-state index in [1.165, 1.54) is 62.4 Å². The van der Waals surface area contributed by atoms with Crippen LogP contribution in [0.1, 0.15) is 68.1 Å². The van der Waals surface area contributed by atoms with E-state index in [-0.39, 0.29) is 24.2 Å². The Morgan fingerprint density at radius 1 is 0.419 bits per heavy atom. The molecule has 0 aliphatic rings. The molecule has 0 heterocycles. The number of carbonyl (C=O) groups is 8. The molecule has 0 radical (unpaired) electrons. The number of carbonyl (C=O) groups excluding carboxylic acids is 4. The smallest absolute Gasteiger partial charge is 0.336 e. The van der Waals surface area contributed by atoms with E-state index < -0.39 is 81.6 Å². The van der Waals surface area contributed by atoms with Gasteiger partial charge in [-0.25, -0.2) is 9.59 Å². The minimum absolute atomic E-state index is 0.196. The Bertz CT molecular complexity index is 2350. The van der Waals surface area contributed by atoms with Crippen LogP contribution in [-0.4, -0.2) is 67.9 Å². The molecule has 0 spiro atoms. The molecule has 18 heteroatoms.